The zero-order chi connectivity index (χ0) is 18.6. The van der Waals surface area contributed by atoms with Crippen LogP contribution in [0, 0.1) is 11.3 Å². The molecule has 2 heterocycles. The Kier molecular flexibility index (Phi) is 6.08. The summed E-state index contributed by atoms with van der Waals surface area (Å²) in [5.41, 5.74) is 1.04. The Hall–Kier alpha value is -2.05. The highest BCUT2D eigenvalue weighted by molar-refractivity contribution is 5.98. The number of aryl methyl sites for hydroxylation is 1. The molecule has 0 spiro atoms. The van der Waals surface area contributed by atoms with Crippen LogP contribution in [0.5, 0.6) is 0 Å². The number of guanidine groups is 1. The van der Waals surface area contributed by atoms with Crippen molar-refractivity contribution in [3.8, 4) is 0 Å². The predicted octanol–water partition coefficient (Wildman–Crippen LogP) is 1.72. The van der Waals surface area contributed by atoms with Crippen LogP contribution in [0.15, 0.2) is 17.4 Å². The molecule has 0 unspecified atom stereocenters. The first-order chi connectivity index (χ1) is 11.7. The van der Waals surface area contributed by atoms with Crippen LogP contribution in [-0.4, -0.2) is 59.8 Å². The van der Waals surface area contributed by atoms with Gasteiger partial charge in [0.15, 0.2) is 5.96 Å². The smallest absolute Gasteiger partial charge is 0.246 e. The third kappa shape index (κ3) is 5.21. The largest absolute Gasteiger partial charge is 0.356 e. The van der Waals surface area contributed by atoms with Gasteiger partial charge in [0.2, 0.25) is 5.91 Å². The predicted molar refractivity (Wildman–Crippen MR) is 102 cm³/mol. The molecule has 1 amide bonds. The zero-order valence-corrected chi connectivity index (χ0v) is 16.4. The minimum atomic E-state index is 0.0728. The van der Waals surface area contributed by atoms with Crippen LogP contribution in [0.1, 0.15) is 34.1 Å². The molecule has 0 radical (unpaired) electrons. The number of aliphatic imine (C=N–C) groups is 1. The summed E-state index contributed by atoms with van der Waals surface area (Å²) in [6.07, 6.45) is 4.74. The average Bonchev–Trinajstić information content (AvgIpc) is 2.93. The van der Waals surface area contributed by atoms with Crippen LogP contribution in [0.4, 0.5) is 5.69 Å². The molecule has 1 aromatic heterocycles. The monoisotopic (exact) mass is 348 g/mol. The molecule has 1 saturated heterocycles. The first-order valence-electron chi connectivity index (χ1n) is 8.96. The van der Waals surface area contributed by atoms with E-state index in [2.05, 4.69) is 43.1 Å². The van der Waals surface area contributed by atoms with E-state index >= 15 is 0 Å². The number of hydrogen-bond donors (Lipinski definition) is 1. The number of nitrogens with zero attached hydrogens (tertiary/aromatic N) is 5. The molecule has 2 rings (SSSR count). The van der Waals surface area contributed by atoms with Gasteiger partial charge < -0.3 is 15.1 Å². The van der Waals surface area contributed by atoms with Gasteiger partial charge in [0, 0.05) is 39.9 Å². The summed E-state index contributed by atoms with van der Waals surface area (Å²) in [4.78, 5) is 20.7. The second-order valence-corrected chi connectivity index (χ2v) is 8.00. The van der Waals surface area contributed by atoms with Gasteiger partial charge in [-0.25, -0.2) is 0 Å². The summed E-state index contributed by atoms with van der Waals surface area (Å²) in [6.45, 7) is 11.6. The third-order valence-corrected chi connectivity index (χ3v) is 4.42. The Morgan fingerprint density at radius 3 is 2.64 bits per heavy atom. The Bertz CT molecular complexity index is 619. The van der Waals surface area contributed by atoms with Crippen LogP contribution in [0.2, 0.25) is 0 Å². The maximum atomic E-state index is 12.5. The van der Waals surface area contributed by atoms with Crippen LogP contribution in [0.3, 0.4) is 0 Å². The van der Waals surface area contributed by atoms with E-state index in [-0.39, 0.29) is 11.3 Å². The molecule has 1 N–H and O–H groups in total. The van der Waals surface area contributed by atoms with E-state index < -0.39 is 0 Å². The molecular weight excluding hydrogens is 316 g/mol. The molecule has 140 valence electrons. The van der Waals surface area contributed by atoms with Crippen molar-refractivity contribution in [1.82, 2.24) is 20.0 Å². The van der Waals surface area contributed by atoms with E-state index in [1.165, 1.54) is 0 Å². The summed E-state index contributed by atoms with van der Waals surface area (Å²) in [5.74, 6) is 1.53. The molecule has 1 aliphatic rings. The van der Waals surface area contributed by atoms with E-state index in [1.807, 2.05) is 18.1 Å². The number of anilines is 1. The van der Waals surface area contributed by atoms with Crippen LogP contribution in [-0.2, 0) is 11.8 Å². The molecule has 1 fully saturated rings. The van der Waals surface area contributed by atoms with Crippen molar-refractivity contribution in [1.29, 1.82) is 0 Å². The Labute approximate surface area is 151 Å². The summed E-state index contributed by atoms with van der Waals surface area (Å²) >= 11 is 0. The number of nitrogens with one attached hydrogen (secondary N) is 1. The maximum absolute atomic E-state index is 12.5. The van der Waals surface area contributed by atoms with Gasteiger partial charge >= 0.3 is 0 Å². The van der Waals surface area contributed by atoms with E-state index in [4.69, 9.17) is 0 Å². The van der Waals surface area contributed by atoms with Crippen molar-refractivity contribution in [2.24, 2.45) is 23.4 Å². The number of hydrogen-bond acceptors (Lipinski definition) is 3. The SMILES string of the molecule is CN=C(NCC(C)(C)CC(C)C)N1CCN(c2cnn(C)c2)C(=O)C1. The Morgan fingerprint density at radius 2 is 2.12 bits per heavy atom. The van der Waals surface area contributed by atoms with Gasteiger partial charge in [-0.15, -0.1) is 0 Å². The third-order valence-electron chi connectivity index (χ3n) is 4.42. The van der Waals surface area contributed by atoms with Gasteiger partial charge in [-0.05, 0) is 17.8 Å². The van der Waals surface area contributed by atoms with Gasteiger partial charge in [-0.2, -0.15) is 5.10 Å². The molecule has 0 bridgehead atoms. The van der Waals surface area contributed by atoms with Gasteiger partial charge in [-0.3, -0.25) is 14.5 Å². The normalized spacial score (nSPS) is 16.8. The van der Waals surface area contributed by atoms with Crippen LogP contribution in [0.25, 0.3) is 0 Å². The number of amides is 1. The van der Waals surface area contributed by atoms with E-state index in [0.29, 0.717) is 19.0 Å². The molecule has 7 nitrogen and oxygen atoms in total. The van der Waals surface area contributed by atoms with Crippen molar-refractivity contribution >= 4 is 17.6 Å². The molecule has 0 atom stereocenters. The first-order valence-corrected chi connectivity index (χ1v) is 8.96. The van der Waals surface area contributed by atoms with Crippen molar-refractivity contribution in [3.05, 3.63) is 12.4 Å². The molecule has 1 aliphatic heterocycles. The second-order valence-electron chi connectivity index (χ2n) is 8.00. The minimum Gasteiger partial charge on any atom is -0.356 e. The fraction of sp³-hybridized carbons (Fsp3) is 0.722. The van der Waals surface area contributed by atoms with Gasteiger partial charge in [0.25, 0.3) is 0 Å². The molecule has 0 saturated carbocycles. The summed E-state index contributed by atoms with van der Waals surface area (Å²) in [7, 11) is 3.63. The Balaban J connectivity index is 1.94. The van der Waals surface area contributed by atoms with Crippen molar-refractivity contribution < 1.29 is 4.79 Å². The number of carbonyl (C=O) groups is 1. The molecule has 25 heavy (non-hydrogen) atoms. The molecule has 1 aromatic rings. The minimum absolute atomic E-state index is 0.0728. The topological polar surface area (TPSA) is 65.8 Å². The van der Waals surface area contributed by atoms with Crippen molar-refractivity contribution in [2.45, 2.75) is 34.1 Å². The fourth-order valence-electron chi connectivity index (χ4n) is 3.50. The lowest BCUT2D eigenvalue weighted by Crippen LogP contribution is -2.56. The van der Waals surface area contributed by atoms with Crippen molar-refractivity contribution in [2.75, 3.05) is 38.1 Å². The summed E-state index contributed by atoms with van der Waals surface area (Å²) in [5, 5.41) is 7.60. The second kappa shape index (κ2) is 7.89. The fourth-order valence-corrected chi connectivity index (χ4v) is 3.50. The quantitative estimate of drug-likeness (QED) is 0.650. The van der Waals surface area contributed by atoms with Gasteiger partial charge in [0.1, 0.15) is 6.54 Å². The standard InChI is InChI=1S/C18H32N6O/c1-14(2)9-18(3,4)13-20-17(19-5)23-7-8-24(16(25)12-23)15-10-21-22(6)11-15/h10-11,14H,7-9,12-13H2,1-6H3,(H,19,20). The van der Waals surface area contributed by atoms with E-state index in [1.54, 1.807) is 22.8 Å². The van der Waals surface area contributed by atoms with E-state index in [9.17, 15) is 4.79 Å². The van der Waals surface area contributed by atoms with Crippen LogP contribution >= 0.6 is 0 Å². The van der Waals surface area contributed by atoms with Crippen LogP contribution < -0.4 is 10.2 Å². The lowest BCUT2D eigenvalue weighted by molar-refractivity contribution is -0.120. The number of carbonyl (C=O) groups excluding carboxylic acids is 1. The summed E-state index contributed by atoms with van der Waals surface area (Å²) < 4.78 is 1.71. The number of aromatic nitrogens is 2. The highest BCUT2D eigenvalue weighted by atomic mass is 16.2. The molecule has 7 heteroatoms. The molecule has 0 aromatic carbocycles. The molecule has 0 aliphatic carbocycles. The lowest BCUT2D eigenvalue weighted by Gasteiger charge is -2.36. The zero-order valence-electron chi connectivity index (χ0n) is 16.4. The molecular formula is C18H32N6O. The lowest BCUT2D eigenvalue weighted by atomic mass is 9.84. The van der Waals surface area contributed by atoms with Gasteiger partial charge in [-0.1, -0.05) is 27.7 Å². The summed E-state index contributed by atoms with van der Waals surface area (Å²) in [6, 6.07) is 0. The highest BCUT2D eigenvalue weighted by Gasteiger charge is 2.28. The van der Waals surface area contributed by atoms with E-state index in [0.717, 1.165) is 31.2 Å². The first kappa shape index (κ1) is 19.3. The average molecular weight is 348 g/mol. The maximum Gasteiger partial charge on any atom is 0.246 e. The highest BCUT2D eigenvalue weighted by Crippen LogP contribution is 2.24. The number of piperazine rings is 1. The van der Waals surface area contributed by atoms with Gasteiger partial charge in [0.05, 0.1) is 11.9 Å². The Morgan fingerprint density at radius 1 is 1.40 bits per heavy atom. The van der Waals surface area contributed by atoms with Crippen molar-refractivity contribution in [3.63, 3.8) is 0 Å². The number of rotatable bonds is 5.